The monoisotopic (exact) mass is 85.0 g/mol. The predicted octanol–water partition coefficient (Wildman–Crippen LogP) is 0.568. The van der Waals surface area contributed by atoms with Crippen molar-refractivity contribution >= 4 is 17.3 Å². The second-order valence-corrected chi connectivity index (χ2v) is 1.43. The predicted molar refractivity (Wildman–Crippen MR) is 24.9 cm³/mol. The van der Waals surface area contributed by atoms with Gasteiger partial charge in [-0.15, -0.1) is 0 Å². The molecule has 25 valence electrons. The van der Waals surface area contributed by atoms with Crippen molar-refractivity contribution in [3.05, 3.63) is 11.6 Å². The van der Waals surface area contributed by atoms with Crippen LogP contribution >= 0.6 is 11.8 Å². The normalized spacial score (nSPS) is 17.6. The Hall–Kier alpha value is -0.240. The summed E-state index contributed by atoms with van der Waals surface area (Å²) in [6, 6.07) is 0. The minimum atomic E-state index is 1.60. The lowest BCUT2D eigenvalue weighted by atomic mass is 11.1. The quantitative estimate of drug-likeness (QED) is 0.419. The van der Waals surface area contributed by atoms with E-state index in [0.717, 1.165) is 0 Å². The lowest BCUT2D eigenvalue weighted by molar-refractivity contribution is 1.45. The van der Waals surface area contributed by atoms with Crippen LogP contribution in [0.1, 0.15) is 0 Å². The Morgan fingerprint density at radius 3 is 2.80 bits per heavy atom. The molecule has 0 aliphatic carbocycles. The molecule has 1 aliphatic heterocycles. The Bertz CT molecular complexity index is 65.0. The van der Waals surface area contributed by atoms with Gasteiger partial charge in [-0.05, 0) is 11.8 Å². The molecule has 0 N–H and O–H groups in total. The molecule has 1 rings (SSSR count). The summed E-state index contributed by atoms with van der Waals surface area (Å²) in [5.74, 6) is 0. The van der Waals surface area contributed by atoms with Crippen LogP contribution in [0.2, 0.25) is 0 Å². The molecule has 0 saturated carbocycles. The van der Waals surface area contributed by atoms with E-state index in [-0.39, 0.29) is 0 Å². The summed E-state index contributed by atoms with van der Waals surface area (Å²) < 4.78 is 0. The first kappa shape index (κ1) is 2.97. The fourth-order valence-electron chi connectivity index (χ4n) is 0.176. The van der Waals surface area contributed by atoms with E-state index < -0.39 is 0 Å². The summed E-state index contributed by atoms with van der Waals surface area (Å²) in [5, 5.41) is 1.93. The van der Waals surface area contributed by atoms with E-state index >= 15 is 0 Å². The smallest absolute Gasteiger partial charge is 0.0237 e. The van der Waals surface area contributed by atoms with Gasteiger partial charge in [0.1, 0.15) is 0 Å². The molecule has 2 heteroatoms. The zero-order valence-electron chi connectivity index (χ0n) is 2.59. The second kappa shape index (κ2) is 1.26. The number of aliphatic imine (C=N–C) groups is 1. The molecule has 0 unspecified atom stereocenters. The molecule has 0 aromatic heterocycles. The van der Waals surface area contributed by atoms with Crippen molar-refractivity contribution < 1.29 is 0 Å². The fraction of sp³-hybridized carbons (Fsp3) is 0. The van der Waals surface area contributed by atoms with Crippen LogP contribution in [0.5, 0.6) is 0 Å². The lowest BCUT2D eigenvalue weighted by Crippen LogP contribution is -1.61. The Morgan fingerprint density at radius 2 is 2.60 bits per heavy atom. The largest absolute Gasteiger partial charge is 0.280 e. The van der Waals surface area contributed by atoms with E-state index in [1.54, 1.807) is 23.5 Å². The minimum absolute atomic E-state index is 1.60. The highest BCUT2D eigenvalue weighted by molar-refractivity contribution is 8.14. The zero-order chi connectivity index (χ0) is 3.54. The minimum Gasteiger partial charge on any atom is -0.0237 e. The van der Waals surface area contributed by atoms with E-state index in [1.807, 2.05) is 5.41 Å². The molecule has 5 heavy (non-hydrogen) atoms. The maximum Gasteiger partial charge on any atom is 0.280 e. The summed E-state index contributed by atoms with van der Waals surface area (Å²) in [6.45, 7) is 0. The van der Waals surface area contributed by atoms with Gasteiger partial charge in [0.2, 0.25) is 6.20 Å². The van der Waals surface area contributed by atoms with Crippen molar-refractivity contribution in [1.82, 2.24) is 4.99 Å². The Kier molecular flexibility index (Phi) is 0.751. The highest BCUT2D eigenvalue weighted by Crippen LogP contribution is 1.96. The summed E-state index contributed by atoms with van der Waals surface area (Å²) >= 11 is 1.60. The third kappa shape index (κ3) is 0.514. The van der Waals surface area contributed by atoms with Gasteiger partial charge in [-0.3, -0.25) is 0 Å². The van der Waals surface area contributed by atoms with Gasteiger partial charge < -0.3 is 0 Å². The number of hydrogen-bond acceptors (Lipinski definition) is 2. The molecule has 1 nitrogen and oxygen atoms in total. The summed E-state index contributed by atoms with van der Waals surface area (Å²) in [6.07, 6.45) is 1.77. The van der Waals surface area contributed by atoms with Crippen LogP contribution in [0, 0.1) is 0 Å². The Balaban J connectivity index is 2.61. The summed E-state index contributed by atoms with van der Waals surface area (Å²) in [4.78, 5) is 3.74. The Labute approximate surface area is 34.8 Å². The van der Waals surface area contributed by atoms with E-state index in [0.29, 0.717) is 0 Å². The number of hydrogen-bond donors (Lipinski definition) is 0. The molecule has 0 spiro atoms. The number of thioether (sulfide) groups is 1. The molecule has 0 aromatic rings. The van der Waals surface area contributed by atoms with Crippen molar-refractivity contribution in [2.75, 3.05) is 0 Å². The number of nitrogens with zero attached hydrogens (tertiary/aromatic N) is 1. The molecule has 0 atom stereocenters. The molecule has 0 amide bonds. The van der Waals surface area contributed by atoms with Gasteiger partial charge in [0.15, 0.2) is 0 Å². The van der Waals surface area contributed by atoms with Gasteiger partial charge >= 0.3 is 0 Å². The van der Waals surface area contributed by atoms with Crippen LogP contribution in [-0.4, -0.2) is 5.55 Å². The lowest BCUT2D eigenvalue weighted by Gasteiger charge is -1.44. The van der Waals surface area contributed by atoms with Crippen molar-refractivity contribution in [2.24, 2.45) is 0 Å². The Morgan fingerprint density at radius 1 is 1.60 bits per heavy atom. The molecule has 0 saturated heterocycles. The van der Waals surface area contributed by atoms with Crippen LogP contribution in [0.4, 0.5) is 0 Å². The standard InChI is InChI=1S/C3H3NS/c1-2-5-3-4-1/h1-3H/q+1. The van der Waals surface area contributed by atoms with Crippen molar-refractivity contribution in [3.8, 4) is 0 Å². The third-order valence-electron chi connectivity index (χ3n) is 0.347. The maximum absolute atomic E-state index is 3.74. The first-order valence-electron chi connectivity index (χ1n) is 1.32. The van der Waals surface area contributed by atoms with Crippen LogP contribution < -0.4 is 4.99 Å². The average molecular weight is 85.1 g/mol. The third-order valence-corrected chi connectivity index (χ3v) is 0.869. The second-order valence-electron chi connectivity index (χ2n) is 0.676. The molecule has 0 fully saturated rings. The molecular weight excluding hydrogens is 82.1 g/mol. The van der Waals surface area contributed by atoms with Gasteiger partial charge in [-0.1, -0.05) is 0 Å². The van der Waals surface area contributed by atoms with Crippen LogP contribution in [0.3, 0.4) is 0 Å². The molecule has 1 heterocycles. The molecular formula is C3H3NS+. The summed E-state index contributed by atoms with van der Waals surface area (Å²) in [7, 11) is 0. The average Bonchev–Trinajstić information content (AvgIpc) is 1.76. The maximum atomic E-state index is 3.74. The SMILES string of the molecule is C1=CSC=[N+]1. The summed E-state index contributed by atoms with van der Waals surface area (Å²) in [5.41, 5.74) is 1.79. The zero-order valence-corrected chi connectivity index (χ0v) is 3.40. The van der Waals surface area contributed by atoms with Crippen LogP contribution in [0.25, 0.3) is 0 Å². The van der Waals surface area contributed by atoms with Gasteiger partial charge in [-0.2, -0.15) is 0 Å². The first-order chi connectivity index (χ1) is 2.50. The highest BCUT2D eigenvalue weighted by atomic mass is 32.2. The van der Waals surface area contributed by atoms with E-state index in [2.05, 4.69) is 4.99 Å². The highest BCUT2D eigenvalue weighted by Gasteiger charge is 1.90. The van der Waals surface area contributed by atoms with Gasteiger partial charge in [0.25, 0.3) is 5.55 Å². The van der Waals surface area contributed by atoms with E-state index in [9.17, 15) is 0 Å². The molecule has 1 radical (unpaired) electrons. The fourth-order valence-corrected chi connectivity index (χ4v) is 0.527. The molecule has 0 aromatic carbocycles. The van der Waals surface area contributed by atoms with Gasteiger partial charge in [-0.25, -0.2) is 0 Å². The first-order valence-corrected chi connectivity index (χ1v) is 2.26. The molecule has 1 aliphatic rings. The van der Waals surface area contributed by atoms with Gasteiger partial charge in [0.05, 0.1) is 10.4 Å². The number of rotatable bonds is 0. The van der Waals surface area contributed by atoms with Crippen molar-refractivity contribution in [1.29, 1.82) is 0 Å². The van der Waals surface area contributed by atoms with Crippen LogP contribution in [-0.2, 0) is 0 Å². The molecule has 0 bridgehead atoms. The van der Waals surface area contributed by atoms with Crippen LogP contribution in [0.15, 0.2) is 11.6 Å². The van der Waals surface area contributed by atoms with E-state index in [1.165, 1.54) is 0 Å². The van der Waals surface area contributed by atoms with Crippen molar-refractivity contribution in [2.45, 2.75) is 0 Å². The van der Waals surface area contributed by atoms with E-state index in [4.69, 9.17) is 0 Å². The van der Waals surface area contributed by atoms with Gasteiger partial charge in [0, 0.05) is 0 Å². The van der Waals surface area contributed by atoms with Crippen molar-refractivity contribution in [3.63, 3.8) is 0 Å². The topological polar surface area (TPSA) is 14.1 Å².